The molecule has 0 bridgehead atoms. The minimum atomic E-state index is 0.0398. The molecule has 0 aliphatic heterocycles. The van der Waals surface area contributed by atoms with Gasteiger partial charge in [-0.05, 0) is 58.5 Å². The van der Waals surface area contributed by atoms with Crippen LogP contribution in [0.4, 0.5) is 4.79 Å². The van der Waals surface area contributed by atoms with Gasteiger partial charge in [-0.25, -0.2) is 4.79 Å². The fourth-order valence-electron chi connectivity index (χ4n) is 3.85. The first kappa shape index (κ1) is 16.6. The van der Waals surface area contributed by atoms with Gasteiger partial charge in [0.25, 0.3) is 0 Å². The molecule has 5 heteroatoms. The number of aliphatic hydroxyl groups is 1. The Hall–Kier alpha value is -0.810. The van der Waals surface area contributed by atoms with E-state index >= 15 is 0 Å². The minimum absolute atomic E-state index is 0.0398. The molecule has 0 aromatic rings. The number of carbonyl (C=O) groups is 1. The van der Waals surface area contributed by atoms with E-state index in [1.807, 2.05) is 11.9 Å². The van der Waals surface area contributed by atoms with Gasteiger partial charge in [0.15, 0.2) is 0 Å². The average molecular weight is 297 g/mol. The predicted molar refractivity (Wildman–Crippen MR) is 84.3 cm³/mol. The van der Waals surface area contributed by atoms with Gasteiger partial charge in [0.1, 0.15) is 0 Å². The number of aliphatic hydroxyl groups excluding tert-OH is 1. The second-order valence-electron chi connectivity index (χ2n) is 7.09. The molecule has 0 saturated heterocycles. The third-order valence-electron chi connectivity index (χ3n) is 5.58. The maximum atomic E-state index is 12.4. The maximum Gasteiger partial charge on any atom is 0.317 e. The Morgan fingerprint density at radius 1 is 1.24 bits per heavy atom. The Morgan fingerprint density at radius 3 is 2.48 bits per heavy atom. The Morgan fingerprint density at radius 2 is 1.95 bits per heavy atom. The summed E-state index contributed by atoms with van der Waals surface area (Å²) in [6.45, 7) is 1.01. The zero-order chi connectivity index (χ0) is 15.5. The summed E-state index contributed by atoms with van der Waals surface area (Å²) in [5.74, 6) is 0.443. The van der Waals surface area contributed by atoms with E-state index in [1.54, 1.807) is 0 Å². The van der Waals surface area contributed by atoms with Crippen molar-refractivity contribution in [2.75, 3.05) is 34.3 Å². The number of likely N-dealkylation sites (N-methyl/N-ethyl adjacent to an activating group) is 2. The molecular formula is C16H31N3O2. The molecular weight excluding hydrogens is 266 g/mol. The number of nitrogens with one attached hydrogen (secondary N) is 1. The van der Waals surface area contributed by atoms with E-state index in [-0.39, 0.29) is 24.2 Å². The first-order valence-electron chi connectivity index (χ1n) is 8.28. The van der Waals surface area contributed by atoms with Crippen LogP contribution in [-0.4, -0.2) is 66.8 Å². The van der Waals surface area contributed by atoms with Crippen LogP contribution in [0.1, 0.15) is 44.9 Å². The lowest BCUT2D eigenvalue weighted by Crippen LogP contribution is -2.59. The molecule has 122 valence electrons. The van der Waals surface area contributed by atoms with Crippen LogP contribution in [0.2, 0.25) is 0 Å². The molecule has 0 radical (unpaired) electrons. The van der Waals surface area contributed by atoms with Crippen molar-refractivity contribution in [3.63, 3.8) is 0 Å². The molecule has 21 heavy (non-hydrogen) atoms. The van der Waals surface area contributed by atoms with E-state index in [9.17, 15) is 4.79 Å². The van der Waals surface area contributed by atoms with E-state index < -0.39 is 0 Å². The van der Waals surface area contributed by atoms with Crippen LogP contribution in [0.15, 0.2) is 0 Å². The first-order valence-corrected chi connectivity index (χ1v) is 8.28. The molecule has 2 aliphatic rings. The first-order chi connectivity index (χ1) is 9.98. The van der Waals surface area contributed by atoms with Crippen molar-refractivity contribution >= 4 is 6.03 Å². The van der Waals surface area contributed by atoms with Gasteiger partial charge in [-0.15, -0.1) is 0 Å². The molecule has 2 fully saturated rings. The van der Waals surface area contributed by atoms with Crippen LogP contribution in [-0.2, 0) is 0 Å². The highest BCUT2D eigenvalue weighted by molar-refractivity contribution is 5.74. The van der Waals surface area contributed by atoms with E-state index in [2.05, 4.69) is 24.3 Å². The molecule has 2 saturated carbocycles. The van der Waals surface area contributed by atoms with Crippen molar-refractivity contribution in [3.8, 4) is 0 Å². The third kappa shape index (κ3) is 3.69. The highest BCUT2D eigenvalue weighted by atomic mass is 16.3. The number of urea groups is 1. The molecule has 0 aromatic heterocycles. The average Bonchev–Trinajstić information content (AvgIpc) is 2.81. The van der Waals surface area contributed by atoms with E-state index in [0.29, 0.717) is 5.92 Å². The fourth-order valence-corrected chi connectivity index (χ4v) is 3.85. The quantitative estimate of drug-likeness (QED) is 0.784. The molecule has 0 aromatic carbocycles. The van der Waals surface area contributed by atoms with Gasteiger partial charge in [0.2, 0.25) is 0 Å². The highest BCUT2D eigenvalue weighted by Crippen LogP contribution is 2.36. The largest absolute Gasteiger partial charge is 0.396 e. The molecule has 2 aliphatic carbocycles. The molecule has 2 rings (SSSR count). The Kier molecular flexibility index (Phi) is 5.49. The number of rotatable bonds is 6. The van der Waals surface area contributed by atoms with Gasteiger partial charge < -0.3 is 20.2 Å². The highest BCUT2D eigenvalue weighted by Gasteiger charge is 2.41. The summed E-state index contributed by atoms with van der Waals surface area (Å²) in [6.07, 6.45) is 7.73. The summed E-state index contributed by atoms with van der Waals surface area (Å²) in [6, 6.07) is 0.279. The van der Waals surface area contributed by atoms with Gasteiger partial charge in [-0.2, -0.15) is 0 Å². The van der Waals surface area contributed by atoms with Gasteiger partial charge >= 0.3 is 6.03 Å². The summed E-state index contributed by atoms with van der Waals surface area (Å²) >= 11 is 0. The van der Waals surface area contributed by atoms with Crippen LogP contribution in [0, 0.1) is 5.92 Å². The summed E-state index contributed by atoms with van der Waals surface area (Å²) in [5.41, 5.74) is 0.173. The van der Waals surface area contributed by atoms with Crippen molar-refractivity contribution in [2.24, 2.45) is 5.92 Å². The zero-order valence-electron chi connectivity index (χ0n) is 13.8. The van der Waals surface area contributed by atoms with Crippen LogP contribution in [0.5, 0.6) is 0 Å². The summed E-state index contributed by atoms with van der Waals surface area (Å²) in [5, 5.41) is 12.3. The third-order valence-corrected chi connectivity index (χ3v) is 5.58. The predicted octanol–water partition coefficient (Wildman–Crippen LogP) is 1.66. The summed E-state index contributed by atoms with van der Waals surface area (Å²) < 4.78 is 0. The monoisotopic (exact) mass is 297 g/mol. The Balaban J connectivity index is 1.85. The maximum absolute atomic E-state index is 12.4. The van der Waals surface area contributed by atoms with Crippen molar-refractivity contribution < 1.29 is 9.90 Å². The number of hydrogen-bond donors (Lipinski definition) is 2. The van der Waals surface area contributed by atoms with E-state index in [1.165, 1.54) is 19.3 Å². The SMILES string of the molecule is CN(CC1(N(C)C)CCC1)C(=O)N[C@H]1CCC[C@@H]1CCO. The number of carbonyl (C=O) groups excluding carboxylic acids is 1. The molecule has 2 N–H and O–H groups in total. The molecule has 0 heterocycles. The normalized spacial score (nSPS) is 27.5. The minimum Gasteiger partial charge on any atom is -0.396 e. The lowest BCUT2D eigenvalue weighted by molar-refractivity contribution is 0.0358. The smallest absolute Gasteiger partial charge is 0.317 e. The summed E-state index contributed by atoms with van der Waals surface area (Å²) in [7, 11) is 6.12. The standard InChI is InChI=1S/C16H31N3O2/c1-18(2)16(9-5-10-16)12-19(3)15(21)17-14-7-4-6-13(14)8-11-20/h13-14,20H,4-12H2,1-3H3,(H,17,21)/t13-,14+/m1/s1. The van der Waals surface area contributed by atoms with Gasteiger partial charge in [0, 0.05) is 31.8 Å². The van der Waals surface area contributed by atoms with Crippen LogP contribution in [0.3, 0.4) is 0 Å². The van der Waals surface area contributed by atoms with E-state index in [4.69, 9.17) is 5.11 Å². The number of nitrogens with zero attached hydrogens (tertiary/aromatic N) is 2. The van der Waals surface area contributed by atoms with Crippen LogP contribution >= 0.6 is 0 Å². The van der Waals surface area contributed by atoms with Gasteiger partial charge in [-0.3, -0.25) is 0 Å². The van der Waals surface area contributed by atoms with Crippen molar-refractivity contribution in [3.05, 3.63) is 0 Å². The van der Waals surface area contributed by atoms with Crippen molar-refractivity contribution in [1.29, 1.82) is 0 Å². The molecule has 2 amide bonds. The van der Waals surface area contributed by atoms with Crippen LogP contribution < -0.4 is 5.32 Å². The lowest BCUT2D eigenvalue weighted by atomic mass is 9.75. The lowest BCUT2D eigenvalue weighted by Gasteiger charge is -2.49. The Labute approximate surface area is 128 Å². The topological polar surface area (TPSA) is 55.8 Å². The Bertz CT molecular complexity index is 355. The summed E-state index contributed by atoms with van der Waals surface area (Å²) in [4.78, 5) is 16.5. The van der Waals surface area contributed by atoms with Gasteiger partial charge in [-0.1, -0.05) is 6.42 Å². The second-order valence-corrected chi connectivity index (χ2v) is 7.09. The molecule has 0 unspecified atom stereocenters. The fraction of sp³-hybridized carbons (Fsp3) is 0.938. The van der Waals surface area contributed by atoms with Crippen molar-refractivity contribution in [2.45, 2.75) is 56.5 Å². The van der Waals surface area contributed by atoms with Crippen LogP contribution in [0.25, 0.3) is 0 Å². The van der Waals surface area contributed by atoms with E-state index in [0.717, 1.165) is 32.2 Å². The van der Waals surface area contributed by atoms with Crippen molar-refractivity contribution in [1.82, 2.24) is 15.1 Å². The molecule has 2 atom stereocenters. The zero-order valence-corrected chi connectivity index (χ0v) is 13.8. The number of hydrogen-bond acceptors (Lipinski definition) is 3. The second kappa shape index (κ2) is 6.97. The number of amides is 2. The molecule has 0 spiro atoms. The molecule has 5 nitrogen and oxygen atoms in total. The van der Waals surface area contributed by atoms with Gasteiger partial charge in [0.05, 0.1) is 0 Å².